The molecule has 1 N–H and O–H groups in total. The van der Waals surface area contributed by atoms with E-state index in [0.29, 0.717) is 5.56 Å². The van der Waals surface area contributed by atoms with Gasteiger partial charge in [-0.25, -0.2) is 4.79 Å². The highest BCUT2D eigenvalue weighted by Gasteiger charge is 2.28. The van der Waals surface area contributed by atoms with Crippen molar-refractivity contribution in [3.8, 4) is 5.75 Å². The maximum Gasteiger partial charge on any atom is 0.387 e. The molecule has 0 heterocycles. The molecule has 1 rings (SSSR count). The average molecular weight is 287 g/mol. The SMILES string of the molecule is CCN(C(C)=O)C(C(=O)O)c1ccc(OC(F)F)cc1. The number of carbonyl (C=O) groups excluding carboxylic acids is 1. The molecule has 0 bridgehead atoms. The Hall–Kier alpha value is -2.18. The molecule has 110 valence electrons. The number of carbonyl (C=O) groups is 2. The molecule has 0 aliphatic carbocycles. The molecule has 1 unspecified atom stereocenters. The van der Waals surface area contributed by atoms with E-state index in [4.69, 9.17) is 0 Å². The van der Waals surface area contributed by atoms with Crippen LogP contribution in [0.25, 0.3) is 0 Å². The van der Waals surface area contributed by atoms with Gasteiger partial charge in [-0.3, -0.25) is 4.79 Å². The maximum absolute atomic E-state index is 12.0. The Morgan fingerprint density at radius 3 is 2.20 bits per heavy atom. The summed E-state index contributed by atoms with van der Waals surface area (Å²) in [6.07, 6.45) is 0. The molecule has 1 aromatic rings. The first-order valence-corrected chi connectivity index (χ1v) is 5.91. The van der Waals surface area contributed by atoms with Crippen molar-refractivity contribution in [1.82, 2.24) is 4.90 Å². The summed E-state index contributed by atoms with van der Waals surface area (Å²) in [5, 5.41) is 9.25. The minimum Gasteiger partial charge on any atom is -0.479 e. The number of nitrogens with zero attached hydrogens (tertiary/aromatic N) is 1. The Bertz CT molecular complexity index is 476. The van der Waals surface area contributed by atoms with Crippen molar-refractivity contribution in [1.29, 1.82) is 0 Å². The van der Waals surface area contributed by atoms with Gasteiger partial charge in [0.15, 0.2) is 6.04 Å². The molecule has 0 aliphatic heterocycles. The molecule has 0 aliphatic rings. The Morgan fingerprint density at radius 2 is 1.85 bits per heavy atom. The fourth-order valence-electron chi connectivity index (χ4n) is 1.87. The number of ether oxygens (including phenoxy) is 1. The van der Waals surface area contributed by atoms with E-state index >= 15 is 0 Å². The molecule has 0 fully saturated rings. The first kappa shape index (κ1) is 15.9. The minimum atomic E-state index is -2.94. The number of amides is 1. The van der Waals surface area contributed by atoms with Crippen molar-refractivity contribution >= 4 is 11.9 Å². The zero-order valence-corrected chi connectivity index (χ0v) is 11.0. The minimum absolute atomic E-state index is 0.0706. The van der Waals surface area contributed by atoms with E-state index in [1.54, 1.807) is 6.92 Å². The highest BCUT2D eigenvalue weighted by atomic mass is 19.3. The van der Waals surface area contributed by atoms with Crippen LogP contribution in [0, 0.1) is 0 Å². The number of benzene rings is 1. The van der Waals surface area contributed by atoms with Gasteiger partial charge in [0.05, 0.1) is 0 Å². The van der Waals surface area contributed by atoms with Crippen LogP contribution in [0.5, 0.6) is 5.75 Å². The van der Waals surface area contributed by atoms with Crippen LogP contribution >= 0.6 is 0 Å². The number of carboxylic acid groups (broad SMARTS) is 1. The van der Waals surface area contributed by atoms with Crippen molar-refractivity contribution in [2.45, 2.75) is 26.5 Å². The Morgan fingerprint density at radius 1 is 1.30 bits per heavy atom. The highest BCUT2D eigenvalue weighted by molar-refractivity contribution is 5.83. The van der Waals surface area contributed by atoms with Gasteiger partial charge in [-0.15, -0.1) is 0 Å². The summed E-state index contributed by atoms with van der Waals surface area (Å²) in [6.45, 7) is 0.210. The van der Waals surface area contributed by atoms with E-state index in [-0.39, 0.29) is 18.2 Å². The molecule has 5 nitrogen and oxygen atoms in total. The molecular formula is C13H15F2NO4. The third kappa shape index (κ3) is 3.91. The predicted octanol–water partition coefficient (Wildman–Crippen LogP) is 2.28. The fraction of sp³-hybridized carbons (Fsp3) is 0.385. The number of alkyl halides is 2. The third-order valence-electron chi connectivity index (χ3n) is 2.71. The van der Waals surface area contributed by atoms with Gasteiger partial charge in [0.25, 0.3) is 0 Å². The standard InChI is InChI=1S/C13H15F2NO4/c1-3-16(8(2)17)11(12(18)19)9-4-6-10(7-5-9)20-13(14)15/h4-7,11,13H,3H2,1-2H3,(H,18,19). The maximum atomic E-state index is 12.0. The molecule has 1 aromatic carbocycles. The van der Waals surface area contributed by atoms with E-state index in [2.05, 4.69) is 4.74 Å². The monoisotopic (exact) mass is 287 g/mol. The van der Waals surface area contributed by atoms with Crippen LogP contribution in [-0.4, -0.2) is 35.0 Å². The first-order valence-electron chi connectivity index (χ1n) is 5.91. The summed E-state index contributed by atoms with van der Waals surface area (Å²) in [5.74, 6) is -1.64. The van der Waals surface area contributed by atoms with Crippen LogP contribution in [0.4, 0.5) is 8.78 Å². The van der Waals surface area contributed by atoms with Crippen LogP contribution in [0.1, 0.15) is 25.5 Å². The number of halogens is 2. The summed E-state index contributed by atoms with van der Waals surface area (Å²) in [7, 11) is 0. The largest absolute Gasteiger partial charge is 0.479 e. The van der Waals surface area contributed by atoms with Crippen molar-refractivity contribution in [2.24, 2.45) is 0 Å². The summed E-state index contributed by atoms with van der Waals surface area (Å²) < 4.78 is 28.2. The lowest BCUT2D eigenvalue weighted by Gasteiger charge is -2.27. The van der Waals surface area contributed by atoms with Gasteiger partial charge in [0, 0.05) is 13.5 Å². The van der Waals surface area contributed by atoms with Gasteiger partial charge in [0.2, 0.25) is 5.91 Å². The molecule has 0 aromatic heterocycles. The Balaban J connectivity index is 3.04. The number of rotatable bonds is 6. The Labute approximate surface area is 114 Å². The van der Waals surface area contributed by atoms with Crippen LogP contribution < -0.4 is 4.74 Å². The molecule has 0 saturated carbocycles. The topological polar surface area (TPSA) is 66.8 Å². The summed E-state index contributed by atoms with van der Waals surface area (Å²) in [5.41, 5.74) is 0.316. The molecule has 1 atom stereocenters. The lowest BCUT2D eigenvalue weighted by atomic mass is 10.1. The number of aliphatic carboxylic acids is 1. The lowest BCUT2D eigenvalue weighted by Crippen LogP contribution is -2.37. The first-order chi connectivity index (χ1) is 9.36. The third-order valence-corrected chi connectivity index (χ3v) is 2.71. The van der Waals surface area contributed by atoms with E-state index in [1.807, 2.05) is 0 Å². The van der Waals surface area contributed by atoms with Crippen molar-refractivity contribution < 1.29 is 28.2 Å². The smallest absolute Gasteiger partial charge is 0.387 e. The summed E-state index contributed by atoms with van der Waals surface area (Å²) >= 11 is 0. The number of hydrogen-bond acceptors (Lipinski definition) is 3. The zero-order valence-electron chi connectivity index (χ0n) is 11.0. The molecule has 0 spiro atoms. The second kappa shape index (κ2) is 6.83. The van der Waals surface area contributed by atoms with Crippen LogP contribution in [0.3, 0.4) is 0 Å². The van der Waals surface area contributed by atoms with Gasteiger partial charge in [-0.05, 0) is 24.6 Å². The van der Waals surface area contributed by atoms with Crippen molar-refractivity contribution in [2.75, 3.05) is 6.54 Å². The van der Waals surface area contributed by atoms with Crippen molar-refractivity contribution in [3.05, 3.63) is 29.8 Å². The molecule has 0 saturated heterocycles. The lowest BCUT2D eigenvalue weighted by molar-refractivity contribution is -0.149. The molecule has 20 heavy (non-hydrogen) atoms. The van der Waals surface area contributed by atoms with Gasteiger partial charge < -0.3 is 14.7 Å². The van der Waals surface area contributed by atoms with Crippen LogP contribution in [0.2, 0.25) is 0 Å². The summed E-state index contributed by atoms with van der Waals surface area (Å²) in [6, 6.07) is 4.03. The second-order valence-corrected chi connectivity index (χ2v) is 3.99. The average Bonchev–Trinajstić information content (AvgIpc) is 2.35. The molecule has 0 radical (unpaired) electrons. The van der Waals surface area contributed by atoms with Gasteiger partial charge in [0.1, 0.15) is 5.75 Å². The summed E-state index contributed by atoms with van der Waals surface area (Å²) in [4.78, 5) is 23.9. The van der Waals surface area contributed by atoms with Gasteiger partial charge >= 0.3 is 12.6 Å². The van der Waals surface area contributed by atoms with E-state index < -0.39 is 18.6 Å². The number of carboxylic acids is 1. The van der Waals surface area contributed by atoms with E-state index in [1.165, 1.54) is 36.1 Å². The number of hydrogen-bond donors (Lipinski definition) is 1. The fourth-order valence-corrected chi connectivity index (χ4v) is 1.87. The van der Waals surface area contributed by atoms with Crippen molar-refractivity contribution in [3.63, 3.8) is 0 Å². The highest BCUT2D eigenvalue weighted by Crippen LogP contribution is 2.24. The van der Waals surface area contributed by atoms with Crippen LogP contribution in [-0.2, 0) is 9.59 Å². The molecule has 7 heteroatoms. The zero-order chi connectivity index (χ0) is 15.3. The second-order valence-electron chi connectivity index (χ2n) is 3.99. The number of likely N-dealkylation sites (N-methyl/N-ethyl adjacent to an activating group) is 1. The molecule has 1 amide bonds. The van der Waals surface area contributed by atoms with E-state index in [9.17, 15) is 23.5 Å². The normalized spacial score (nSPS) is 12.1. The van der Waals surface area contributed by atoms with Crippen LogP contribution in [0.15, 0.2) is 24.3 Å². The van der Waals surface area contributed by atoms with Gasteiger partial charge in [-0.2, -0.15) is 8.78 Å². The molecular weight excluding hydrogens is 272 g/mol. The predicted molar refractivity (Wildman–Crippen MR) is 66.5 cm³/mol. The Kier molecular flexibility index (Phi) is 5.42. The van der Waals surface area contributed by atoms with E-state index in [0.717, 1.165) is 0 Å². The quantitative estimate of drug-likeness (QED) is 0.871. The van der Waals surface area contributed by atoms with Gasteiger partial charge in [-0.1, -0.05) is 12.1 Å².